The number of rotatable bonds is 5. The molecule has 0 radical (unpaired) electrons. The molecule has 1 rings (SSSR count). The summed E-state index contributed by atoms with van der Waals surface area (Å²) >= 11 is 0. The second-order valence-corrected chi connectivity index (χ2v) is 5.35. The van der Waals surface area contributed by atoms with Gasteiger partial charge in [-0.05, 0) is 19.8 Å². The van der Waals surface area contributed by atoms with Gasteiger partial charge >= 0.3 is 12.1 Å². The number of nitrogens with zero attached hydrogens (tertiary/aromatic N) is 1. The van der Waals surface area contributed by atoms with E-state index in [-0.39, 0.29) is 13.0 Å². The van der Waals surface area contributed by atoms with Crippen molar-refractivity contribution in [3.8, 4) is 0 Å². The molecule has 1 aliphatic rings. The van der Waals surface area contributed by atoms with Crippen LogP contribution >= 0.6 is 0 Å². The summed E-state index contributed by atoms with van der Waals surface area (Å²) in [6.07, 6.45) is -1.78. The van der Waals surface area contributed by atoms with Crippen LogP contribution in [0.2, 0.25) is 0 Å². The molecule has 1 fully saturated rings. The van der Waals surface area contributed by atoms with E-state index in [1.165, 1.54) is 6.92 Å². The number of carboxylic acids is 1. The number of hydrogen-bond acceptors (Lipinski definition) is 2. The van der Waals surface area contributed by atoms with Gasteiger partial charge in [-0.3, -0.25) is 9.59 Å². The summed E-state index contributed by atoms with van der Waals surface area (Å²) < 4.78 is 37.1. The maximum Gasteiger partial charge on any atom is 0.406 e. The van der Waals surface area contributed by atoms with Crippen molar-refractivity contribution in [1.82, 2.24) is 4.90 Å². The summed E-state index contributed by atoms with van der Waals surface area (Å²) in [7, 11) is 0. The lowest BCUT2D eigenvalue weighted by Gasteiger charge is -2.34. The molecular weight excluding hydrogens is 275 g/mol. The van der Waals surface area contributed by atoms with E-state index in [2.05, 4.69) is 0 Å². The first kappa shape index (κ1) is 16.8. The third-order valence-corrected chi connectivity index (χ3v) is 3.86. The van der Waals surface area contributed by atoms with Crippen molar-refractivity contribution >= 4 is 11.9 Å². The van der Waals surface area contributed by atoms with Crippen molar-refractivity contribution in [1.29, 1.82) is 0 Å². The number of carboxylic acid groups (broad SMARTS) is 1. The van der Waals surface area contributed by atoms with Gasteiger partial charge in [-0.25, -0.2) is 0 Å². The molecule has 0 saturated heterocycles. The summed E-state index contributed by atoms with van der Waals surface area (Å²) in [6.45, 7) is 0.0595. The molecule has 1 N–H and O–H groups in total. The van der Waals surface area contributed by atoms with Crippen molar-refractivity contribution in [3.63, 3.8) is 0 Å². The zero-order valence-electron chi connectivity index (χ0n) is 11.5. The third-order valence-electron chi connectivity index (χ3n) is 3.86. The number of alkyl halides is 3. The van der Waals surface area contributed by atoms with E-state index in [0.717, 1.165) is 6.42 Å². The Morgan fingerprint density at radius 2 is 1.75 bits per heavy atom. The summed E-state index contributed by atoms with van der Waals surface area (Å²) in [4.78, 5) is 24.1. The fourth-order valence-corrected chi connectivity index (χ4v) is 2.69. The van der Waals surface area contributed by atoms with Gasteiger partial charge < -0.3 is 10.0 Å². The zero-order chi connectivity index (χ0) is 15.4. The van der Waals surface area contributed by atoms with E-state index in [0.29, 0.717) is 30.6 Å². The molecule has 4 nitrogen and oxygen atoms in total. The van der Waals surface area contributed by atoms with Gasteiger partial charge in [-0.1, -0.05) is 19.3 Å². The molecule has 116 valence electrons. The highest BCUT2D eigenvalue weighted by Crippen LogP contribution is 2.40. The Bertz CT molecular complexity index is 362. The Morgan fingerprint density at radius 1 is 1.20 bits per heavy atom. The van der Waals surface area contributed by atoms with Gasteiger partial charge in [0.05, 0.1) is 5.41 Å². The van der Waals surface area contributed by atoms with E-state index in [9.17, 15) is 27.9 Å². The van der Waals surface area contributed by atoms with Crippen LogP contribution in [0.4, 0.5) is 13.2 Å². The molecule has 7 heteroatoms. The molecule has 0 aromatic carbocycles. The van der Waals surface area contributed by atoms with E-state index >= 15 is 0 Å². The van der Waals surface area contributed by atoms with E-state index in [4.69, 9.17) is 0 Å². The molecule has 0 spiro atoms. The summed E-state index contributed by atoms with van der Waals surface area (Å²) in [5.74, 6) is -1.80. The van der Waals surface area contributed by atoms with E-state index < -0.39 is 30.0 Å². The first-order valence-electron chi connectivity index (χ1n) is 6.78. The van der Waals surface area contributed by atoms with Gasteiger partial charge in [0.1, 0.15) is 6.54 Å². The Labute approximate surface area is 115 Å². The van der Waals surface area contributed by atoms with Crippen LogP contribution in [0.5, 0.6) is 0 Å². The minimum Gasteiger partial charge on any atom is -0.481 e. The standard InChI is InChI=1S/C13H20F3NO3/c1-2-17(9-13(14,15)16)10(18)8-12(11(19)20)6-4-3-5-7-12/h2-9H2,1H3,(H,19,20). The highest BCUT2D eigenvalue weighted by Gasteiger charge is 2.43. The summed E-state index contributed by atoms with van der Waals surface area (Å²) in [6, 6.07) is 0. The number of carbonyl (C=O) groups excluding carboxylic acids is 1. The van der Waals surface area contributed by atoms with Crippen LogP contribution < -0.4 is 0 Å². The van der Waals surface area contributed by atoms with E-state index in [1.807, 2.05) is 0 Å². The Balaban J connectivity index is 2.77. The van der Waals surface area contributed by atoms with Crippen molar-refractivity contribution in [2.45, 2.75) is 51.6 Å². The van der Waals surface area contributed by atoms with Crippen LogP contribution in [0.15, 0.2) is 0 Å². The maximum absolute atomic E-state index is 12.4. The Hall–Kier alpha value is -1.27. The lowest BCUT2D eigenvalue weighted by Crippen LogP contribution is -2.44. The minimum atomic E-state index is -4.46. The number of halogens is 3. The summed E-state index contributed by atoms with van der Waals surface area (Å²) in [5.41, 5.74) is -1.19. The smallest absolute Gasteiger partial charge is 0.406 e. The molecule has 20 heavy (non-hydrogen) atoms. The molecule has 1 saturated carbocycles. The number of aliphatic carboxylic acids is 1. The second-order valence-electron chi connectivity index (χ2n) is 5.35. The Morgan fingerprint density at radius 3 is 2.15 bits per heavy atom. The fourth-order valence-electron chi connectivity index (χ4n) is 2.69. The highest BCUT2D eigenvalue weighted by atomic mass is 19.4. The number of carbonyl (C=O) groups is 2. The van der Waals surface area contributed by atoms with Crippen LogP contribution in [0, 0.1) is 5.41 Å². The lowest BCUT2D eigenvalue weighted by atomic mass is 9.71. The summed E-state index contributed by atoms with van der Waals surface area (Å²) in [5, 5.41) is 9.33. The van der Waals surface area contributed by atoms with E-state index in [1.54, 1.807) is 0 Å². The van der Waals surface area contributed by atoms with Gasteiger partial charge in [-0.2, -0.15) is 13.2 Å². The van der Waals surface area contributed by atoms with Crippen LogP contribution in [0.1, 0.15) is 45.4 Å². The molecule has 0 unspecified atom stereocenters. The molecular formula is C13H20F3NO3. The second kappa shape index (κ2) is 6.45. The average Bonchev–Trinajstić information content (AvgIpc) is 2.35. The predicted molar refractivity (Wildman–Crippen MR) is 66.1 cm³/mol. The largest absolute Gasteiger partial charge is 0.481 e. The van der Waals surface area contributed by atoms with Gasteiger partial charge in [0, 0.05) is 13.0 Å². The van der Waals surface area contributed by atoms with Crippen molar-refractivity contribution < 1.29 is 27.9 Å². The average molecular weight is 295 g/mol. The lowest BCUT2D eigenvalue weighted by molar-refractivity contribution is -0.166. The quantitative estimate of drug-likeness (QED) is 0.848. The molecule has 0 bridgehead atoms. The zero-order valence-corrected chi connectivity index (χ0v) is 11.5. The topological polar surface area (TPSA) is 57.6 Å². The van der Waals surface area contributed by atoms with Crippen molar-refractivity contribution in [2.24, 2.45) is 5.41 Å². The number of hydrogen-bond donors (Lipinski definition) is 1. The van der Waals surface area contributed by atoms with Crippen LogP contribution in [-0.2, 0) is 9.59 Å². The fraction of sp³-hybridized carbons (Fsp3) is 0.846. The monoisotopic (exact) mass is 295 g/mol. The molecule has 0 aromatic rings. The first-order valence-corrected chi connectivity index (χ1v) is 6.78. The van der Waals surface area contributed by atoms with Gasteiger partial charge in [0.2, 0.25) is 5.91 Å². The first-order chi connectivity index (χ1) is 9.20. The molecule has 0 aliphatic heterocycles. The molecule has 0 aromatic heterocycles. The SMILES string of the molecule is CCN(CC(F)(F)F)C(=O)CC1(C(=O)O)CCCCC1. The van der Waals surface area contributed by atoms with Gasteiger partial charge in [0.25, 0.3) is 0 Å². The predicted octanol–water partition coefficient (Wildman–Crippen LogP) is 2.82. The molecule has 0 atom stereocenters. The minimum absolute atomic E-state index is 0.0754. The Kier molecular flexibility index (Phi) is 5.42. The maximum atomic E-state index is 12.4. The number of amides is 1. The van der Waals surface area contributed by atoms with Crippen molar-refractivity contribution in [2.75, 3.05) is 13.1 Å². The van der Waals surface area contributed by atoms with Crippen LogP contribution in [-0.4, -0.2) is 41.1 Å². The molecule has 1 amide bonds. The van der Waals surface area contributed by atoms with Gasteiger partial charge in [0.15, 0.2) is 0 Å². The molecule has 0 heterocycles. The van der Waals surface area contributed by atoms with Gasteiger partial charge in [-0.15, -0.1) is 0 Å². The molecule has 1 aliphatic carbocycles. The van der Waals surface area contributed by atoms with Crippen LogP contribution in [0.25, 0.3) is 0 Å². The van der Waals surface area contributed by atoms with Crippen molar-refractivity contribution in [3.05, 3.63) is 0 Å². The third kappa shape index (κ3) is 4.38. The van der Waals surface area contributed by atoms with Crippen LogP contribution in [0.3, 0.4) is 0 Å². The normalized spacial score (nSPS) is 18.6. The highest BCUT2D eigenvalue weighted by molar-refractivity contribution is 5.85.